The van der Waals surface area contributed by atoms with Crippen LogP contribution in [0.1, 0.15) is 208 Å². The molecule has 3 rings (SSSR count). The second-order valence-electron chi connectivity index (χ2n) is 23.0. The van der Waals surface area contributed by atoms with Gasteiger partial charge in [0.15, 0.2) is 5.78 Å². The van der Waals surface area contributed by atoms with Crippen molar-refractivity contribution in [3.05, 3.63) is 0 Å². The van der Waals surface area contributed by atoms with Crippen LogP contribution in [0.5, 0.6) is 0 Å². The highest BCUT2D eigenvalue weighted by molar-refractivity contribution is 5.99. The van der Waals surface area contributed by atoms with E-state index in [1.165, 1.54) is 13.8 Å². The van der Waals surface area contributed by atoms with E-state index in [0.29, 0.717) is 38.5 Å². The second-order valence-corrected chi connectivity index (χ2v) is 23.0. The molecule has 7 unspecified atom stereocenters. The average molecular weight is 1160 g/mol. The van der Waals surface area contributed by atoms with Gasteiger partial charge >= 0.3 is 17.9 Å². The molecule has 22 atom stereocenters. The van der Waals surface area contributed by atoms with Gasteiger partial charge < -0.3 is 90.4 Å². The lowest BCUT2D eigenvalue weighted by Gasteiger charge is -2.43. The highest BCUT2D eigenvalue weighted by Crippen LogP contribution is 2.34. The van der Waals surface area contributed by atoms with Gasteiger partial charge in [0, 0.05) is 6.42 Å². The molecule has 0 saturated carbocycles. The molecule has 80 heavy (non-hydrogen) atoms. The first-order chi connectivity index (χ1) is 37.9. The highest BCUT2D eigenvalue weighted by Gasteiger charge is 2.53. The van der Waals surface area contributed by atoms with E-state index in [0.717, 1.165) is 103 Å². The zero-order valence-electron chi connectivity index (χ0n) is 48.6. The molecule has 0 aliphatic carbocycles. The maximum absolute atomic E-state index is 13.7. The molecular formula is C58H106O22. The number of ether oxygens (including phenoxy) is 4. The number of hydrogen-bond acceptors (Lipinski definition) is 21. The smallest absolute Gasteiger partial charge is 0.322 e. The van der Waals surface area contributed by atoms with E-state index >= 15 is 0 Å². The molecule has 22 heteroatoms. The summed E-state index contributed by atoms with van der Waals surface area (Å²) in [5, 5.41) is 144. The number of ketones is 1. The number of esters is 2. The van der Waals surface area contributed by atoms with Crippen molar-refractivity contribution >= 4 is 23.7 Å². The SMILES string of the molecule is CCCCCCCC(O)C(C(=O)O)C(=O)CC(O)CCCCCCC[C@@H]1O[C@@H](C)[C@H](O)[C@@H](O)[C@H]1O.CCCCCCCC(O)C(C(=O)OC(=O)C(C(O)CCCCCCC)[C@@H]1O[C@@H](C)[C@H](O)[C@@H](O)[C@H]1O)[C@@H]1O[C@@H](C)[C@H](O)[C@@H](O)[C@H]1O. The lowest BCUT2D eigenvalue weighted by atomic mass is 9.82. The number of aliphatic carboxylic acids is 1. The number of rotatable bonds is 37. The van der Waals surface area contributed by atoms with Crippen LogP contribution in [0.4, 0.5) is 0 Å². The number of aliphatic hydroxyl groups is 13. The van der Waals surface area contributed by atoms with Crippen LogP contribution in [0.3, 0.4) is 0 Å². The Morgan fingerprint density at radius 2 is 0.750 bits per heavy atom. The van der Waals surface area contributed by atoms with Gasteiger partial charge in [0.25, 0.3) is 0 Å². The van der Waals surface area contributed by atoms with E-state index in [2.05, 4.69) is 20.8 Å². The number of carboxylic acid groups (broad SMARTS) is 1. The van der Waals surface area contributed by atoms with Gasteiger partial charge in [-0.2, -0.15) is 0 Å². The van der Waals surface area contributed by atoms with Crippen molar-refractivity contribution in [2.24, 2.45) is 17.8 Å². The topological polar surface area (TPSA) is 388 Å². The summed E-state index contributed by atoms with van der Waals surface area (Å²) < 4.78 is 22.2. The Morgan fingerprint density at radius 3 is 1.15 bits per heavy atom. The molecule has 0 aromatic heterocycles. The molecule has 3 aliphatic rings. The normalized spacial score (nSPS) is 31.6. The van der Waals surface area contributed by atoms with Gasteiger partial charge in [-0.3, -0.25) is 19.2 Å². The lowest BCUT2D eigenvalue weighted by Crippen LogP contribution is -2.62. The van der Waals surface area contributed by atoms with Gasteiger partial charge in [0.1, 0.15) is 84.9 Å². The Morgan fingerprint density at radius 1 is 0.412 bits per heavy atom. The molecular weight excluding hydrogens is 1050 g/mol. The fourth-order valence-electron chi connectivity index (χ4n) is 11.0. The Labute approximate surface area is 474 Å². The maximum atomic E-state index is 13.7. The van der Waals surface area contributed by atoms with Gasteiger partial charge in [-0.1, -0.05) is 149 Å². The van der Waals surface area contributed by atoms with Crippen LogP contribution in [0.25, 0.3) is 0 Å². The van der Waals surface area contributed by atoms with Crippen molar-refractivity contribution in [1.82, 2.24) is 0 Å². The zero-order valence-corrected chi connectivity index (χ0v) is 48.6. The number of carbonyl (C=O) groups is 4. The molecule has 3 heterocycles. The predicted octanol–water partition coefficient (Wildman–Crippen LogP) is 2.80. The van der Waals surface area contributed by atoms with Gasteiger partial charge in [0.2, 0.25) is 0 Å². The Hall–Kier alpha value is -2.36. The molecule has 0 bridgehead atoms. The summed E-state index contributed by atoms with van der Waals surface area (Å²) in [6.45, 7) is 10.7. The standard InChI is InChI=1S/C32H58O13.C26H48O9/c1-5-7-9-11-13-15-19(33)21(29-27(39)25(37)23(35)17(3)43-29)31(41)45-32(42)22(20(34)16-14-12-10-8-6-2)30-28(40)26(38)24(36)18(4)44-30;1-3-4-5-7-11-14-19(28)22(26(33)34)20(29)16-18(27)13-10-8-6-9-12-15-21-24(31)25(32)23(30)17(2)35-21/h17-30,33-40H,5-16H2,1-4H3;17-19,21-25,27-28,30-32H,3-16H2,1-2H3,(H,33,34)/t17-,18-,19?,20?,21?,22?,23-,24-,25+,26+,27+,28+,29-,30-;17-,18?,19?,21-,22?,23-,24-,25+/m00/s1. The summed E-state index contributed by atoms with van der Waals surface area (Å²) in [5.74, 6) is -9.36. The van der Waals surface area contributed by atoms with E-state index in [1.54, 1.807) is 6.92 Å². The molecule has 3 aliphatic heterocycles. The van der Waals surface area contributed by atoms with Crippen LogP contribution >= 0.6 is 0 Å². The molecule has 3 fully saturated rings. The van der Waals surface area contributed by atoms with E-state index in [4.69, 9.17) is 18.9 Å². The minimum absolute atomic E-state index is 0.0904. The van der Waals surface area contributed by atoms with Crippen molar-refractivity contribution in [3.8, 4) is 0 Å². The third-order valence-corrected chi connectivity index (χ3v) is 16.3. The molecule has 22 nitrogen and oxygen atoms in total. The summed E-state index contributed by atoms with van der Waals surface area (Å²) in [6.07, 6.45) is -6.30. The molecule has 0 amide bonds. The summed E-state index contributed by atoms with van der Waals surface area (Å²) in [5.41, 5.74) is 0. The number of hydrogen-bond donors (Lipinski definition) is 14. The molecule has 0 radical (unpaired) electrons. The Balaban J connectivity index is 0.000000565. The van der Waals surface area contributed by atoms with Crippen LogP contribution in [0, 0.1) is 17.8 Å². The number of carbonyl (C=O) groups excluding carboxylic acids is 3. The largest absolute Gasteiger partial charge is 0.481 e. The fourth-order valence-corrected chi connectivity index (χ4v) is 11.0. The first kappa shape index (κ1) is 73.7. The molecule has 0 spiro atoms. The van der Waals surface area contributed by atoms with E-state index in [1.807, 2.05) is 0 Å². The number of carboxylic acids is 1. The van der Waals surface area contributed by atoms with Crippen LogP contribution in [-0.2, 0) is 38.1 Å². The Bertz CT molecular complexity index is 1640. The van der Waals surface area contributed by atoms with Crippen LogP contribution in [-0.4, -0.2) is 211 Å². The molecule has 0 aromatic carbocycles. The first-order valence-electron chi connectivity index (χ1n) is 30.2. The van der Waals surface area contributed by atoms with Gasteiger partial charge in [-0.15, -0.1) is 0 Å². The molecule has 14 N–H and O–H groups in total. The minimum atomic E-state index is -1.80. The lowest BCUT2D eigenvalue weighted by molar-refractivity contribution is -0.244. The number of unbranched alkanes of at least 4 members (excludes halogenated alkanes) is 16. The predicted molar refractivity (Wildman–Crippen MR) is 292 cm³/mol. The van der Waals surface area contributed by atoms with Gasteiger partial charge in [-0.25, -0.2) is 0 Å². The van der Waals surface area contributed by atoms with Crippen LogP contribution in [0.15, 0.2) is 0 Å². The second kappa shape index (κ2) is 39.3. The number of aliphatic hydroxyl groups excluding tert-OH is 13. The van der Waals surface area contributed by atoms with Crippen molar-refractivity contribution in [3.63, 3.8) is 0 Å². The third-order valence-electron chi connectivity index (χ3n) is 16.3. The first-order valence-corrected chi connectivity index (χ1v) is 30.2. The van der Waals surface area contributed by atoms with Crippen molar-refractivity contribution in [2.45, 2.75) is 324 Å². The zero-order chi connectivity index (χ0) is 60.2. The van der Waals surface area contributed by atoms with E-state index < -0.39 is 157 Å². The minimum Gasteiger partial charge on any atom is -0.481 e. The number of Topliss-reactive ketones (excluding diaryl/α,β-unsaturated/α-hetero) is 1. The summed E-state index contributed by atoms with van der Waals surface area (Å²) in [6, 6.07) is 0. The molecule has 0 aromatic rings. The summed E-state index contributed by atoms with van der Waals surface area (Å²) in [4.78, 5) is 51.3. The summed E-state index contributed by atoms with van der Waals surface area (Å²) >= 11 is 0. The monoisotopic (exact) mass is 1150 g/mol. The van der Waals surface area contributed by atoms with Crippen LogP contribution < -0.4 is 0 Å². The molecule has 3 saturated heterocycles. The van der Waals surface area contributed by atoms with Gasteiger partial charge in [-0.05, 0) is 52.9 Å². The van der Waals surface area contributed by atoms with Crippen molar-refractivity contribution < 1.29 is 110 Å². The van der Waals surface area contributed by atoms with Crippen molar-refractivity contribution in [2.75, 3.05) is 0 Å². The van der Waals surface area contributed by atoms with E-state index in [9.17, 15) is 90.7 Å². The maximum Gasteiger partial charge on any atom is 0.322 e. The summed E-state index contributed by atoms with van der Waals surface area (Å²) in [7, 11) is 0. The quantitative estimate of drug-likeness (QED) is 0.0242. The third kappa shape index (κ3) is 24.0. The molecule has 470 valence electrons. The average Bonchev–Trinajstić information content (AvgIpc) is 3.40. The van der Waals surface area contributed by atoms with Gasteiger partial charge in [0.05, 0.1) is 48.8 Å². The Kier molecular flexibility index (Phi) is 36.2. The fraction of sp³-hybridized carbons (Fsp3) is 0.931. The van der Waals surface area contributed by atoms with Crippen LogP contribution in [0.2, 0.25) is 0 Å². The van der Waals surface area contributed by atoms with E-state index in [-0.39, 0.29) is 25.7 Å². The highest BCUT2D eigenvalue weighted by atomic mass is 16.6. The van der Waals surface area contributed by atoms with Crippen molar-refractivity contribution in [1.29, 1.82) is 0 Å².